The molecule has 1 rings (SSSR count). The van der Waals surface area contributed by atoms with Crippen LogP contribution in [0.2, 0.25) is 0 Å². The molecule has 0 amide bonds. The van der Waals surface area contributed by atoms with E-state index in [0.29, 0.717) is 0 Å². The van der Waals surface area contributed by atoms with E-state index in [9.17, 15) is 0 Å². The maximum absolute atomic E-state index is 5.64. The summed E-state index contributed by atoms with van der Waals surface area (Å²) < 4.78 is 5.06. The van der Waals surface area contributed by atoms with Crippen molar-refractivity contribution in [2.24, 2.45) is 5.73 Å². The molecular formula is C7H12ClNO. The van der Waals surface area contributed by atoms with Crippen LogP contribution in [-0.4, -0.2) is 0 Å². The van der Waals surface area contributed by atoms with Gasteiger partial charge in [-0.1, -0.05) is 6.92 Å². The van der Waals surface area contributed by atoms with Gasteiger partial charge in [-0.05, 0) is 18.6 Å². The minimum Gasteiger partial charge on any atom is -0.468 e. The van der Waals surface area contributed by atoms with E-state index in [-0.39, 0.29) is 18.4 Å². The minimum absolute atomic E-state index is 0. The van der Waals surface area contributed by atoms with Crippen molar-refractivity contribution in [3.63, 3.8) is 0 Å². The maximum atomic E-state index is 5.64. The standard InChI is InChI=1S/C7H11NO.ClH/c1-2-6(8)7-4-3-5-9-7;/h3-6H,2,8H2,1H3;1H. The second-order valence-electron chi connectivity index (χ2n) is 2.03. The minimum atomic E-state index is 0. The summed E-state index contributed by atoms with van der Waals surface area (Å²) in [5.74, 6) is 0.873. The molecule has 1 aromatic rings. The Morgan fingerprint density at radius 1 is 1.70 bits per heavy atom. The van der Waals surface area contributed by atoms with E-state index < -0.39 is 0 Å². The van der Waals surface area contributed by atoms with Crippen molar-refractivity contribution in [1.29, 1.82) is 0 Å². The molecule has 1 heterocycles. The van der Waals surface area contributed by atoms with Gasteiger partial charge in [-0.15, -0.1) is 12.4 Å². The van der Waals surface area contributed by atoms with Gasteiger partial charge in [-0.3, -0.25) is 0 Å². The highest BCUT2D eigenvalue weighted by Gasteiger charge is 2.03. The fourth-order valence-corrected chi connectivity index (χ4v) is 0.703. The number of rotatable bonds is 2. The third-order valence-electron chi connectivity index (χ3n) is 1.35. The van der Waals surface area contributed by atoms with Gasteiger partial charge in [-0.25, -0.2) is 0 Å². The van der Waals surface area contributed by atoms with Gasteiger partial charge in [0.1, 0.15) is 5.76 Å². The van der Waals surface area contributed by atoms with Crippen molar-refractivity contribution in [3.8, 4) is 0 Å². The second-order valence-corrected chi connectivity index (χ2v) is 2.03. The van der Waals surface area contributed by atoms with Crippen molar-refractivity contribution in [3.05, 3.63) is 24.2 Å². The predicted octanol–water partition coefficient (Wildman–Crippen LogP) is 2.11. The number of halogens is 1. The average Bonchev–Trinajstić information content (AvgIpc) is 2.37. The molecule has 0 aliphatic carbocycles. The summed E-state index contributed by atoms with van der Waals surface area (Å²) >= 11 is 0. The molecule has 2 N–H and O–H groups in total. The predicted molar refractivity (Wildman–Crippen MR) is 43.2 cm³/mol. The summed E-state index contributed by atoms with van der Waals surface area (Å²) in [6.45, 7) is 2.03. The van der Waals surface area contributed by atoms with Crippen LogP contribution < -0.4 is 5.73 Å². The lowest BCUT2D eigenvalue weighted by atomic mass is 10.2. The molecule has 0 saturated carbocycles. The van der Waals surface area contributed by atoms with Gasteiger partial charge in [0, 0.05) is 0 Å². The van der Waals surface area contributed by atoms with E-state index in [0.717, 1.165) is 12.2 Å². The first-order valence-corrected chi connectivity index (χ1v) is 3.13. The van der Waals surface area contributed by atoms with Crippen molar-refractivity contribution >= 4 is 12.4 Å². The summed E-state index contributed by atoms with van der Waals surface area (Å²) in [6, 6.07) is 3.82. The van der Waals surface area contributed by atoms with E-state index in [1.165, 1.54) is 0 Å². The smallest absolute Gasteiger partial charge is 0.120 e. The second kappa shape index (κ2) is 4.36. The van der Waals surface area contributed by atoms with Gasteiger partial charge in [0.15, 0.2) is 0 Å². The lowest BCUT2D eigenvalue weighted by Crippen LogP contribution is -2.06. The Hall–Kier alpha value is -0.470. The van der Waals surface area contributed by atoms with E-state index in [2.05, 4.69) is 0 Å². The Morgan fingerprint density at radius 2 is 2.40 bits per heavy atom. The van der Waals surface area contributed by atoms with E-state index >= 15 is 0 Å². The maximum Gasteiger partial charge on any atom is 0.120 e. The normalized spacial score (nSPS) is 12.2. The number of nitrogens with two attached hydrogens (primary N) is 1. The summed E-state index contributed by atoms with van der Waals surface area (Å²) in [7, 11) is 0. The highest BCUT2D eigenvalue weighted by atomic mass is 35.5. The summed E-state index contributed by atoms with van der Waals surface area (Å²) in [5, 5.41) is 0. The molecule has 0 bridgehead atoms. The molecule has 1 atom stereocenters. The Morgan fingerprint density at radius 3 is 2.80 bits per heavy atom. The van der Waals surface area contributed by atoms with Crippen LogP contribution in [-0.2, 0) is 0 Å². The third kappa shape index (κ3) is 2.05. The SMILES string of the molecule is CCC(N)c1ccco1.Cl. The Labute approximate surface area is 66.8 Å². The van der Waals surface area contributed by atoms with E-state index in [1.54, 1.807) is 6.26 Å². The zero-order chi connectivity index (χ0) is 6.69. The number of furan rings is 1. The highest BCUT2D eigenvalue weighted by Crippen LogP contribution is 2.12. The lowest BCUT2D eigenvalue weighted by Gasteiger charge is -2.01. The van der Waals surface area contributed by atoms with Gasteiger partial charge >= 0.3 is 0 Å². The molecular weight excluding hydrogens is 150 g/mol. The van der Waals surface area contributed by atoms with Crippen molar-refractivity contribution in [2.75, 3.05) is 0 Å². The summed E-state index contributed by atoms with van der Waals surface area (Å²) in [6.07, 6.45) is 2.57. The van der Waals surface area contributed by atoms with Gasteiger partial charge in [0.2, 0.25) is 0 Å². The first kappa shape index (κ1) is 9.53. The van der Waals surface area contributed by atoms with Crippen LogP contribution in [0.25, 0.3) is 0 Å². The van der Waals surface area contributed by atoms with Crippen LogP contribution in [0.15, 0.2) is 22.8 Å². The number of hydrogen-bond acceptors (Lipinski definition) is 2. The van der Waals surface area contributed by atoms with Crippen LogP contribution in [0.1, 0.15) is 25.1 Å². The molecule has 1 unspecified atom stereocenters. The quantitative estimate of drug-likeness (QED) is 0.722. The van der Waals surface area contributed by atoms with Gasteiger partial charge < -0.3 is 10.2 Å². The largest absolute Gasteiger partial charge is 0.468 e. The monoisotopic (exact) mass is 161 g/mol. The topological polar surface area (TPSA) is 39.2 Å². The highest BCUT2D eigenvalue weighted by molar-refractivity contribution is 5.85. The van der Waals surface area contributed by atoms with E-state index in [1.807, 2.05) is 19.1 Å². The molecule has 0 fully saturated rings. The third-order valence-corrected chi connectivity index (χ3v) is 1.35. The van der Waals surface area contributed by atoms with Crippen LogP contribution in [0.3, 0.4) is 0 Å². The molecule has 10 heavy (non-hydrogen) atoms. The fourth-order valence-electron chi connectivity index (χ4n) is 0.703. The van der Waals surface area contributed by atoms with E-state index in [4.69, 9.17) is 10.2 Å². The lowest BCUT2D eigenvalue weighted by molar-refractivity contribution is 0.460. The van der Waals surface area contributed by atoms with Crippen molar-refractivity contribution < 1.29 is 4.42 Å². The van der Waals surface area contributed by atoms with Crippen LogP contribution >= 0.6 is 12.4 Å². The zero-order valence-corrected chi connectivity index (χ0v) is 6.73. The molecule has 58 valence electrons. The molecule has 0 aliphatic rings. The fraction of sp³-hybridized carbons (Fsp3) is 0.429. The van der Waals surface area contributed by atoms with Gasteiger partial charge in [0.25, 0.3) is 0 Å². The molecule has 0 aromatic carbocycles. The van der Waals surface area contributed by atoms with Crippen LogP contribution in [0, 0.1) is 0 Å². The summed E-state index contributed by atoms with van der Waals surface area (Å²) in [5.41, 5.74) is 5.64. The molecule has 2 nitrogen and oxygen atoms in total. The molecule has 3 heteroatoms. The first-order chi connectivity index (χ1) is 4.34. The van der Waals surface area contributed by atoms with Gasteiger partial charge in [0.05, 0.1) is 12.3 Å². The van der Waals surface area contributed by atoms with Gasteiger partial charge in [-0.2, -0.15) is 0 Å². The Bertz CT molecular complexity index is 162. The van der Waals surface area contributed by atoms with Crippen LogP contribution in [0.4, 0.5) is 0 Å². The van der Waals surface area contributed by atoms with Crippen molar-refractivity contribution in [2.45, 2.75) is 19.4 Å². The number of hydrogen-bond donors (Lipinski definition) is 1. The molecule has 0 aliphatic heterocycles. The summed E-state index contributed by atoms with van der Waals surface area (Å²) in [4.78, 5) is 0. The Balaban J connectivity index is 0.000000810. The average molecular weight is 162 g/mol. The zero-order valence-electron chi connectivity index (χ0n) is 5.91. The van der Waals surface area contributed by atoms with Crippen LogP contribution in [0.5, 0.6) is 0 Å². The molecule has 0 saturated heterocycles. The first-order valence-electron chi connectivity index (χ1n) is 3.13. The Kier molecular flexibility index (Phi) is 4.16. The molecule has 0 radical (unpaired) electrons. The van der Waals surface area contributed by atoms with Crippen molar-refractivity contribution in [1.82, 2.24) is 0 Å². The molecule has 0 spiro atoms. The molecule has 1 aromatic heterocycles.